The van der Waals surface area contributed by atoms with Crippen LogP contribution in [0.3, 0.4) is 0 Å². The molecule has 3 heterocycles. The molecule has 0 unspecified atom stereocenters. The van der Waals surface area contributed by atoms with Crippen molar-refractivity contribution in [3.05, 3.63) is 76.9 Å². The maximum Gasteiger partial charge on any atom is 0.273 e. The molecule has 0 aliphatic carbocycles. The van der Waals surface area contributed by atoms with Gasteiger partial charge in [0.05, 0.1) is 37.2 Å². The molecular weight excluding hydrogens is 444 g/mol. The summed E-state index contributed by atoms with van der Waals surface area (Å²) in [6.45, 7) is 2.07. The first-order chi connectivity index (χ1) is 17.1. The van der Waals surface area contributed by atoms with Gasteiger partial charge >= 0.3 is 0 Å². The smallest absolute Gasteiger partial charge is 0.273 e. The molecule has 0 atom stereocenters. The van der Waals surface area contributed by atoms with Gasteiger partial charge in [-0.2, -0.15) is 10.2 Å². The Bertz CT molecular complexity index is 1190. The molecule has 0 spiro atoms. The third-order valence-electron chi connectivity index (χ3n) is 5.88. The van der Waals surface area contributed by atoms with Crippen LogP contribution < -0.4 is 5.32 Å². The highest BCUT2D eigenvalue weighted by molar-refractivity contribution is 5.91. The number of ether oxygens (including phenoxy) is 1. The molecule has 35 heavy (non-hydrogen) atoms. The van der Waals surface area contributed by atoms with Crippen LogP contribution >= 0.6 is 0 Å². The van der Waals surface area contributed by atoms with Crippen LogP contribution in [0.2, 0.25) is 0 Å². The highest BCUT2D eigenvalue weighted by atomic mass is 16.5. The van der Waals surface area contributed by atoms with Crippen molar-refractivity contribution in [2.24, 2.45) is 0 Å². The number of unbranched alkanes of at least 4 members (excludes halogenated alkanes) is 1. The Kier molecular flexibility index (Phi) is 8.45. The maximum absolute atomic E-state index is 12.6. The van der Waals surface area contributed by atoms with Crippen LogP contribution in [-0.4, -0.2) is 57.1 Å². The number of carbonyl (C=O) groups excluding carboxylic acids is 2. The molecule has 0 saturated carbocycles. The van der Waals surface area contributed by atoms with E-state index in [0.717, 1.165) is 43.5 Å². The van der Waals surface area contributed by atoms with Crippen molar-refractivity contribution >= 4 is 17.3 Å². The largest absolute Gasteiger partial charge is 0.377 e. The number of rotatable bonds is 11. The average Bonchev–Trinajstić information content (AvgIpc) is 3.37. The zero-order valence-corrected chi connectivity index (χ0v) is 19.9. The summed E-state index contributed by atoms with van der Waals surface area (Å²) in [5.41, 5.74) is 5.35. The van der Waals surface area contributed by atoms with Crippen molar-refractivity contribution in [2.75, 3.05) is 20.3 Å². The van der Waals surface area contributed by atoms with E-state index in [1.807, 2.05) is 24.3 Å². The number of amides is 1. The summed E-state index contributed by atoms with van der Waals surface area (Å²) in [5.74, 6) is -0.125. The first kappa shape index (κ1) is 24.4. The second-order valence-electron chi connectivity index (χ2n) is 8.57. The van der Waals surface area contributed by atoms with Gasteiger partial charge in [0.15, 0.2) is 5.69 Å². The van der Waals surface area contributed by atoms with Crippen molar-refractivity contribution < 1.29 is 14.3 Å². The number of Topliss-reactive ketones (excluding diaryl/α,β-unsaturated/α-hetero) is 1. The van der Waals surface area contributed by atoms with Crippen LogP contribution in [0.25, 0.3) is 5.57 Å². The molecule has 3 aromatic rings. The average molecular weight is 475 g/mol. The van der Waals surface area contributed by atoms with Crippen LogP contribution in [-0.2, 0) is 35.3 Å². The molecule has 0 bridgehead atoms. The number of nitrogens with one attached hydrogen (secondary N) is 1. The lowest BCUT2D eigenvalue weighted by molar-refractivity contribution is -0.117. The molecule has 1 N–H and O–H groups in total. The molecule has 0 fully saturated rings. The molecule has 9 nitrogen and oxygen atoms in total. The fourth-order valence-electron chi connectivity index (χ4n) is 4.00. The standard InChI is InChI=1S/C26H30N6O3/c1-27-26(34)25-18-32(31-30-25)12-3-2-7-22-8-9-23(29-28-22)17-24(33)16-19-5-4-6-21(15-19)20-10-13-35-14-11-20/h4-6,8-10,15,18H,2-3,7,11-14,16-17H2,1H3,(H,27,34). The molecular formula is C26H30N6O3. The predicted molar refractivity (Wildman–Crippen MR) is 131 cm³/mol. The van der Waals surface area contributed by atoms with E-state index in [2.05, 4.69) is 44.0 Å². The minimum absolute atomic E-state index is 0.120. The summed E-state index contributed by atoms with van der Waals surface area (Å²) in [6.07, 6.45) is 7.87. The minimum Gasteiger partial charge on any atom is -0.377 e. The van der Waals surface area contributed by atoms with Crippen molar-refractivity contribution in [3.8, 4) is 0 Å². The molecule has 1 aliphatic heterocycles. The topological polar surface area (TPSA) is 112 Å². The Hall–Kier alpha value is -3.72. The number of aryl methyl sites for hydroxylation is 2. The normalized spacial score (nSPS) is 13.3. The van der Waals surface area contributed by atoms with Gasteiger partial charge in [-0.15, -0.1) is 5.10 Å². The van der Waals surface area contributed by atoms with Crippen LogP contribution in [0, 0.1) is 0 Å². The van der Waals surface area contributed by atoms with Gasteiger partial charge < -0.3 is 10.1 Å². The molecule has 1 amide bonds. The van der Waals surface area contributed by atoms with Gasteiger partial charge in [-0.25, -0.2) is 0 Å². The monoisotopic (exact) mass is 474 g/mol. The zero-order valence-electron chi connectivity index (χ0n) is 19.9. The lowest BCUT2D eigenvalue weighted by Gasteiger charge is -2.14. The summed E-state index contributed by atoms with van der Waals surface area (Å²) in [6, 6.07) is 12.0. The van der Waals surface area contributed by atoms with Crippen molar-refractivity contribution in [2.45, 2.75) is 45.1 Å². The predicted octanol–water partition coefficient (Wildman–Crippen LogP) is 2.61. The van der Waals surface area contributed by atoms with E-state index in [0.29, 0.717) is 31.0 Å². The highest BCUT2D eigenvalue weighted by Crippen LogP contribution is 2.22. The van der Waals surface area contributed by atoms with Gasteiger partial charge in [0.1, 0.15) is 5.78 Å². The number of aromatic nitrogens is 5. The maximum atomic E-state index is 12.6. The Morgan fingerprint density at radius 3 is 2.69 bits per heavy atom. The fourth-order valence-corrected chi connectivity index (χ4v) is 4.00. The molecule has 2 aromatic heterocycles. The number of hydrogen-bond acceptors (Lipinski definition) is 7. The lowest BCUT2D eigenvalue weighted by Crippen LogP contribution is -2.18. The highest BCUT2D eigenvalue weighted by Gasteiger charge is 2.11. The first-order valence-electron chi connectivity index (χ1n) is 11.9. The first-order valence-corrected chi connectivity index (χ1v) is 11.9. The van der Waals surface area contributed by atoms with E-state index in [9.17, 15) is 9.59 Å². The van der Waals surface area contributed by atoms with Crippen LogP contribution in [0.5, 0.6) is 0 Å². The molecule has 0 radical (unpaired) electrons. The van der Waals surface area contributed by atoms with Gasteiger partial charge in [-0.05, 0) is 54.5 Å². The van der Waals surface area contributed by atoms with Gasteiger partial charge in [-0.3, -0.25) is 14.3 Å². The molecule has 0 saturated heterocycles. The van der Waals surface area contributed by atoms with Crippen LogP contribution in [0.1, 0.15) is 52.3 Å². The minimum atomic E-state index is -0.244. The Labute approximate surface area is 204 Å². The number of benzene rings is 1. The summed E-state index contributed by atoms with van der Waals surface area (Å²) in [5, 5.41) is 18.9. The SMILES string of the molecule is CNC(=O)c1cn(CCCCc2ccc(CC(=O)Cc3cccc(C4=CCOCC4)c3)nn2)nn1. The molecule has 4 rings (SSSR count). The second-order valence-corrected chi connectivity index (χ2v) is 8.57. The summed E-state index contributed by atoms with van der Waals surface area (Å²) >= 11 is 0. The molecule has 1 aromatic carbocycles. The fraction of sp³-hybridized carbons (Fsp3) is 0.385. The Balaban J connectivity index is 1.21. The van der Waals surface area contributed by atoms with E-state index < -0.39 is 0 Å². The van der Waals surface area contributed by atoms with E-state index in [-0.39, 0.29) is 18.1 Å². The van der Waals surface area contributed by atoms with Crippen molar-refractivity contribution in [3.63, 3.8) is 0 Å². The third kappa shape index (κ3) is 7.13. The number of carbonyl (C=O) groups is 2. The number of nitrogens with zero attached hydrogens (tertiary/aromatic N) is 5. The second kappa shape index (κ2) is 12.1. The third-order valence-corrected chi connectivity index (χ3v) is 5.88. The van der Waals surface area contributed by atoms with Crippen molar-refractivity contribution in [1.29, 1.82) is 0 Å². The summed E-state index contributed by atoms with van der Waals surface area (Å²) < 4.78 is 7.05. The van der Waals surface area contributed by atoms with E-state index in [1.165, 1.54) is 11.1 Å². The van der Waals surface area contributed by atoms with Gasteiger partial charge in [0.25, 0.3) is 5.91 Å². The van der Waals surface area contributed by atoms with Gasteiger partial charge in [-0.1, -0.05) is 35.6 Å². The van der Waals surface area contributed by atoms with Crippen molar-refractivity contribution in [1.82, 2.24) is 30.5 Å². The van der Waals surface area contributed by atoms with E-state index in [1.54, 1.807) is 17.9 Å². The Morgan fingerprint density at radius 1 is 1.06 bits per heavy atom. The quantitative estimate of drug-likeness (QED) is 0.425. The lowest BCUT2D eigenvalue weighted by atomic mass is 9.97. The van der Waals surface area contributed by atoms with E-state index >= 15 is 0 Å². The molecule has 1 aliphatic rings. The molecule has 9 heteroatoms. The summed E-state index contributed by atoms with van der Waals surface area (Å²) in [4.78, 5) is 24.2. The zero-order chi connectivity index (χ0) is 24.5. The van der Waals surface area contributed by atoms with Crippen LogP contribution in [0.15, 0.2) is 48.7 Å². The van der Waals surface area contributed by atoms with Gasteiger partial charge in [0.2, 0.25) is 0 Å². The van der Waals surface area contributed by atoms with Crippen LogP contribution in [0.4, 0.5) is 0 Å². The van der Waals surface area contributed by atoms with Gasteiger partial charge in [0, 0.05) is 20.0 Å². The number of hydrogen-bond donors (Lipinski definition) is 1. The number of ketones is 1. The molecule has 182 valence electrons. The Morgan fingerprint density at radius 2 is 1.91 bits per heavy atom. The van der Waals surface area contributed by atoms with E-state index in [4.69, 9.17) is 4.74 Å². The summed E-state index contributed by atoms with van der Waals surface area (Å²) in [7, 11) is 1.56.